The summed E-state index contributed by atoms with van der Waals surface area (Å²) in [6.07, 6.45) is 5.67. The molecule has 1 saturated carbocycles. The lowest BCUT2D eigenvalue weighted by molar-refractivity contribution is 0.00578. The molecule has 1 aromatic heterocycles. The summed E-state index contributed by atoms with van der Waals surface area (Å²) in [5.41, 5.74) is 2.67. The summed E-state index contributed by atoms with van der Waals surface area (Å²) in [5, 5.41) is 12.4. The minimum absolute atomic E-state index is 0.290. The Balaban J connectivity index is 1.84. The van der Waals surface area contributed by atoms with Crippen LogP contribution in [0.1, 0.15) is 84.3 Å². The monoisotopic (exact) mass is 381 g/mol. The van der Waals surface area contributed by atoms with Crippen LogP contribution in [-0.2, 0) is 14.9 Å². The quantitative estimate of drug-likeness (QED) is 0.800. The SMILES string of the molecule is CC(C)c1c(C2(O)CCCC2)cnc2ccc(B3OC(C)(C)C(C)(C)O3)cc12. The van der Waals surface area contributed by atoms with Crippen molar-refractivity contribution in [1.29, 1.82) is 0 Å². The molecule has 1 saturated heterocycles. The van der Waals surface area contributed by atoms with Crippen molar-refractivity contribution in [3.05, 3.63) is 35.5 Å². The van der Waals surface area contributed by atoms with E-state index in [-0.39, 0.29) is 11.2 Å². The number of nitrogens with zero attached hydrogens (tertiary/aromatic N) is 1. The second-order valence-corrected chi connectivity index (χ2v) is 9.84. The number of hydrogen-bond donors (Lipinski definition) is 1. The molecule has 4 nitrogen and oxygen atoms in total. The predicted molar refractivity (Wildman–Crippen MR) is 114 cm³/mol. The number of hydrogen-bond acceptors (Lipinski definition) is 4. The van der Waals surface area contributed by atoms with Crippen LogP contribution in [0.25, 0.3) is 10.9 Å². The van der Waals surface area contributed by atoms with Gasteiger partial charge in [-0.25, -0.2) is 0 Å². The van der Waals surface area contributed by atoms with Gasteiger partial charge in [-0.1, -0.05) is 38.8 Å². The molecule has 0 amide bonds. The molecular weight excluding hydrogens is 349 g/mol. The molecule has 0 atom stereocenters. The molecule has 0 spiro atoms. The van der Waals surface area contributed by atoms with Gasteiger partial charge in [-0.2, -0.15) is 0 Å². The molecule has 1 aliphatic heterocycles. The highest BCUT2D eigenvalue weighted by Gasteiger charge is 2.51. The predicted octanol–water partition coefficient (Wildman–Crippen LogP) is 4.42. The van der Waals surface area contributed by atoms with Gasteiger partial charge in [0.15, 0.2) is 0 Å². The summed E-state index contributed by atoms with van der Waals surface area (Å²) in [6.45, 7) is 12.7. The number of aliphatic hydroxyl groups is 1. The minimum atomic E-state index is -0.749. The van der Waals surface area contributed by atoms with E-state index >= 15 is 0 Å². The van der Waals surface area contributed by atoms with E-state index in [0.29, 0.717) is 5.92 Å². The zero-order valence-corrected chi connectivity index (χ0v) is 18.0. The molecule has 2 aromatic rings. The van der Waals surface area contributed by atoms with Crippen LogP contribution < -0.4 is 5.46 Å². The highest BCUT2D eigenvalue weighted by Crippen LogP contribution is 2.43. The Kier molecular flexibility index (Phi) is 4.65. The van der Waals surface area contributed by atoms with E-state index in [2.05, 4.69) is 47.6 Å². The van der Waals surface area contributed by atoms with E-state index < -0.39 is 12.7 Å². The number of aromatic nitrogens is 1. The molecule has 28 heavy (non-hydrogen) atoms. The van der Waals surface area contributed by atoms with Crippen LogP contribution >= 0.6 is 0 Å². The van der Waals surface area contributed by atoms with E-state index in [1.165, 1.54) is 5.56 Å². The fourth-order valence-corrected chi connectivity index (χ4v) is 4.58. The molecule has 2 aliphatic rings. The van der Waals surface area contributed by atoms with E-state index in [1.807, 2.05) is 18.3 Å². The molecule has 2 heterocycles. The zero-order valence-electron chi connectivity index (χ0n) is 18.0. The lowest BCUT2D eigenvalue weighted by atomic mass is 9.76. The van der Waals surface area contributed by atoms with Crippen LogP contribution in [0.15, 0.2) is 24.4 Å². The Bertz CT molecular complexity index is 884. The van der Waals surface area contributed by atoms with E-state index in [1.54, 1.807) is 0 Å². The Labute approximate surface area is 168 Å². The van der Waals surface area contributed by atoms with Crippen molar-refractivity contribution in [2.45, 2.75) is 89.9 Å². The van der Waals surface area contributed by atoms with Crippen molar-refractivity contribution in [1.82, 2.24) is 4.98 Å². The fraction of sp³-hybridized carbons (Fsp3) is 0.609. The molecule has 1 aliphatic carbocycles. The largest absolute Gasteiger partial charge is 0.494 e. The molecule has 5 heteroatoms. The number of rotatable bonds is 3. The van der Waals surface area contributed by atoms with Crippen LogP contribution in [0.3, 0.4) is 0 Å². The summed E-state index contributed by atoms with van der Waals surface area (Å²) >= 11 is 0. The van der Waals surface area contributed by atoms with Crippen LogP contribution in [-0.4, -0.2) is 28.4 Å². The van der Waals surface area contributed by atoms with Gasteiger partial charge in [0.05, 0.1) is 22.3 Å². The third-order valence-electron chi connectivity index (χ3n) is 6.97. The molecule has 1 N–H and O–H groups in total. The smallest absolute Gasteiger partial charge is 0.399 e. The Morgan fingerprint density at radius 2 is 1.64 bits per heavy atom. The third kappa shape index (κ3) is 3.08. The first-order valence-corrected chi connectivity index (χ1v) is 10.6. The number of benzene rings is 1. The van der Waals surface area contributed by atoms with Gasteiger partial charge in [0.25, 0.3) is 0 Å². The molecular formula is C23H32BNO3. The maximum atomic E-state index is 11.3. The van der Waals surface area contributed by atoms with E-state index in [0.717, 1.165) is 47.6 Å². The fourth-order valence-electron chi connectivity index (χ4n) is 4.58. The first-order chi connectivity index (χ1) is 13.0. The zero-order chi connectivity index (χ0) is 20.3. The minimum Gasteiger partial charge on any atom is -0.399 e. The van der Waals surface area contributed by atoms with Crippen molar-refractivity contribution < 1.29 is 14.4 Å². The maximum Gasteiger partial charge on any atom is 0.494 e. The highest BCUT2D eigenvalue weighted by atomic mass is 16.7. The summed E-state index contributed by atoms with van der Waals surface area (Å²) in [4.78, 5) is 4.70. The van der Waals surface area contributed by atoms with Gasteiger partial charge in [-0.15, -0.1) is 0 Å². The average molecular weight is 381 g/mol. The van der Waals surface area contributed by atoms with Gasteiger partial charge >= 0.3 is 7.12 Å². The highest BCUT2D eigenvalue weighted by molar-refractivity contribution is 6.62. The number of pyridine rings is 1. The number of fused-ring (bicyclic) bond motifs is 1. The summed E-state index contributed by atoms with van der Waals surface area (Å²) in [5.74, 6) is 0.290. The first-order valence-electron chi connectivity index (χ1n) is 10.6. The average Bonchev–Trinajstić information content (AvgIpc) is 3.14. The maximum absolute atomic E-state index is 11.3. The van der Waals surface area contributed by atoms with Crippen molar-refractivity contribution >= 4 is 23.5 Å². The van der Waals surface area contributed by atoms with Crippen molar-refractivity contribution in [2.24, 2.45) is 0 Å². The molecule has 4 rings (SSSR count). The lowest BCUT2D eigenvalue weighted by Gasteiger charge is -2.32. The Morgan fingerprint density at radius 3 is 2.21 bits per heavy atom. The van der Waals surface area contributed by atoms with Gasteiger partial charge in [-0.05, 0) is 63.5 Å². The molecule has 0 unspecified atom stereocenters. The van der Waals surface area contributed by atoms with Crippen molar-refractivity contribution in [3.63, 3.8) is 0 Å². The van der Waals surface area contributed by atoms with Crippen LogP contribution in [0.5, 0.6) is 0 Å². The Hall–Kier alpha value is -1.43. The van der Waals surface area contributed by atoms with Gasteiger partial charge in [-0.3, -0.25) is 4.98 Å². The molecule has 1 aromatic carbocycles. The normalized spacial score (nSPS) is 23.1. The van der Waals surface area contributed by atoms with Crippen LogP contribution in [0, 0.1) is 0 Å². The standard InChI is InChI=1S/C23H32BNO3/c1-15(2)20-17-13-16(24-27-21(3,4)22(5,6)28-24)9-10-19(17)25-14-18(20)23(26)11-7-8-12-23/h9-10,13-15,26H,7-8,11-12H2,1-6H3. The van der Waals surface area contributed by atoms with Crippen LogP contribution in [0.4, 0.5) is 0 Å². The Morgan fingerprint density at radius 1 is 1.04 bits per heavy atom. The molecule has 2 fully saturated rings. The molecule has 0 bridgehead atoms. The first kappa shape index (κ1) is 19.9. The van der Waals surface area contributed by atoms with Gasteiger partial charge in [0.2, 0.25) is 0 Å². The van der Waals surface area contributed by atoms with Gasteiger partial charge in [0, 0.05) is 17.1 Å². The second kappa shape index (κ2) is 6.55. The van der Waals surface area contributed by atoms with Gasteiger partial charge < -0.3 is 14.4 Å². The third-order valence-corrected chi connectivity index (χ3v) is 6.97. The molecule has 0 radical (unpaired) electrons. The lowest BCUT2D eigenvalue weighted by Crippen LogP contribution is -2.41. The van der Waals surface area contributed by atoms with Crippen molar-refractivity contribution in [2.75, 3.05) is 0 Å². The summed E-state index contributed by atoms with van der Waals surface area (Å²) in [6, 6.07) is 6.25. The van der Waals surface area contributed by atoms with Gasteiger partial charge in [0.1, 0.15) is 0 Å². The second-order valence-electron chi connectivity index (χ2n) is 9.84. The molecule has 150 valence electrons. The van der Waals surface area contributed by atoms with Crippen LogP contribution in [0.2, 0.25) is 0 Å². The van der Waals surface area contributed by atoms with E-state index in [4.69, 9.17) is 14.3 Å². The van der Waals surface area contributed by atoms with Crippen molar-refractivity contribution in [3.8, 4) is 0 Å². The van der Waals surface area contributed by atoms with E-state index in [9.17, 15) is 5.11 Å². The summed E-state index contributed by atoms with van der Waals surface area (Å²) in [7, 11) is -0.396. The topological polar surface area (TPSA) is 51.6 Å². The summed E-state index contributed by atoms with van der Waals surface area (Å²) < 4.78 is 12.5.